The van der Waals surface area contributed by atoms with E-state index in [2.05, 4.69) is 4.98 Å². The van der Waals surface area contributed by atoms with Crippen molar-refractivity contribution in [3.05, 3.63) is 26.4 Å². The Kier molecular flexibility index (Phi) is 3.41. The summed E-state index contributed by atoms with van der Waals surface area (Å²) in [6, 6.07) is 0. The summed E-state index contributed by atoms with van der Waals surface area (Å²) in [5.74, 6) is -0.557. The molecule has 6 heteroatoms. The van der Waals surface area contributed by atoms with Gasteiger partial charge in [-0.2, -0.15) is 0 Å². The minimum Gasteiger partial charge on any atom is -0.461 e. The number of rotatable bonds is 2. The van der Waals surface area contributed by atoms with Crippen molar-refractivity contribution in [1.82, 2.24) is 9.55 Å². The van der Waals surface area contributed by atoms with Crippen molar-refractivity contribution in [1.29, 1.82) is 0 Å². The molecule has 0 atom stereocenters. The lowest BCUT2D eigenvalue weighted by atomic mass is 10.2. The van der Waals surface area contributed by atoms with Gasteiger partial charge in [0.1, 0.15) is 5.69 Å². The predicted molar refractivity (Wildman–Crippen MR) is 57.6 cm³/mol. The van der Waals surface area contributed by atoms with E-state index in [1.807, 2.05) is 0 Å². The molecule has 15 heavy (non-hydrogen) atoms. The number of aromatic amines is 1. The van der Waals surface area contributed by atoms with E-state index in [0.29, 0.717) is 5.56 Å². The Hall–Kier alpha value is -1.43. The van der Waals surface area contributed by atoms with Crippen LogP contribution in [0.1, 0.15) is 23.0 Å². The maximum absolute atomic E-state index is 11.6. The molecule has 0 aliphatic carbocycles. The lowest BCUT2D eigenvalue weighted by Crippen LogP contribution is -2.25. The average molecular weight is 228 g/mol. The first-order chi connectivity index (χ1) is 6.99. The van der Waals surface area contributed by atoms with Crippen molar-refractivity contribution in [3.8, 4) is 0 Å². The Morgan fingerprint density at radius 2 is 2.20 bits per heavy atom. The molecule has 0 aliphatic heterocycles. The molecule has 5 nitrogen and oxygen atoms in total. The van der Waals surface area contributed by atoms with E-state index >= 15 is 0 Å². The summed E-state index contributed by atoms with van der Waals surface area (Å²) in [7, 11) is 1.54. The Bertz CT molecular complexity index is 501. The van der Waals surface area contributed by atoms with Gasteiger partial charge in [0.15, 0.2) is 4.77 Å². The smallest absolute Gasteiger partial charge is 0.355 e. The number of H-pyrrole nitrogens is 1. The van der Waals surface area contributed by atoms with Crippen LogP contribution < -0.4 is 5.56 Å². The largest absolute Gasteiger partial charge is 0.461 e. The molecule has 82 valence electrons. The fourth-order valence-corrected chi connectivity index (χ4v) is 1.33. The summed E-state index contributed by atoms with van der Waals surface area (Å²) in [4.78, 5) is 25.7. The van der Waals surface area contributed by atoms with Crippen LogP contribution in [-0.2, 0) is 11.8 Å². The van der Waals surface area contributed by atoms with Gasteiger partial charge in [-0.25, -0.2) is 4.79 Å². The molecule has 0 aliphatic rings. The number of carbonyl (C=O) groups is 1. The number of ether oxygens (including phenoxy) is 1. The number of hydrogen-bond donors (Lipinski definition) is 1. The summed E-state index contributed by atoms with van der Waals surface area (Å²) >= 11 is 4.89. The molecule has 1 rings (SSSR count). The number of aromatic nitrogens is 2. The van der Waals surface area contributed by atoms with Gasteiger partial charge in [0, 0.05) is 12.6 Å². The second kappa shape index (κ2) is 4.39. The van der Waals surface area contributed by atoms with Gasteiger partial charge in [-0.1, -0.05) is 0 Å². The third kappa shape index (κ3) is 2.15. The van der Waals surface area contributed by atoms with Crippen molar-refractivity contribution in [3.63, 3.8) is 0 Å². The fourth-order valence-electron chi connectivity index (χ4n) is 1.14. The molecule has 0 saturated carbocycles. The van der Waals surface area contributed by atoms with Gasteiger partial charge >= 0.3 is 5.97 Å². The summed E-state index contributed by atoms with van der Waals surface area (Å²) in [6.45, 7) is 3.51. The molecule has 1 aromatic heterocycles. The molecule has 1 N–H and O–H groups in total. The SMILES string of the molecule is CCOC(=O)c1[nH]c(=S)n(C)c(=O)c1C. The van der Waals surface area contributed by atoms with Crippen LogP contribution in [0.5, 0.6) is 0 Å². The topological polar surface area (TPSA) is 64.1 Å². The van der Waals surface area contributed by atoms with Crippen LogP contribution in [0.25, 0.3) is 0 Å². The summed E-state index contributed by atoms with van der Waals surface area (Å²) in [6.07, 6.45) is 0. The van der Waals surface area contributed by atoms with Crippen LogP contribution in [-0.4, -0.2) is 22.1 Å². The van der Waals surface area contributed by atoms with Crippen LogP contribution in [0.3, 0.4) is 0 Å². The predicted octanol–water partition coefficient (Wildman–Crippen LogP) is 0.928. The van der Waals surface area contributed by atoms with E-state index in [0.717, 1.165) is 0 Å². The zero-order chi connectivity index (χ0) is 11.6. The molecule has 0 unspecified atom stereocenters. The van der Waals surface area contributed by atoms with Crippen LogP contribution in [0.4, 0.5) is 0 Å². The molecule has 0 fully saturated rings. The maximum atomic E-state index is 11.6. The zero-order valence-electron chi connectivity index (χ0n) is 8.79. The van der Waals surface area contributed by atoms with E-state index in [1.54, 1.807) is 20.9 Å². The highest BCUT2D eigenvalue weighted by Gasteiger charge is 2.14. The maximum Gasteiger partial charge on any atom is 0.355 e. The Balaban J connectivity index is 3.39. The normalized spacial score (nSPS) is 10.1. The fraction of sp³-hybridized carbons (Fsp3) is 0.444. The Labute approximate surface area is 91.7 Å². The molecule has 0 bridgehead atoms. The van der Waals surface area contributed by atoms with E-state index in [9.17, 15) is 9.59 Å². The molecule has 0 spiro atoms. The minimum absolute atomic E-state index is 0.130. The number of carbonyl (C=O) groups excluding carboxylic acids is 1. The van der Waals surface area contributed by atoms with E-state index < -0.39 is 5.97 Å². The van der Waals surface area contributed by atoms with Crippen LogP contribution in [0.2, 0.25) is 0 Å². The van der Waals surface area contributed by atoms with Gasteiger partial charge in [-0.05, 0) is 26.1 Å². The first-order valence-electron chi connectivity index (χ1n) is 4.46. The lowest BCUT2D eigenvalue weighted by Gasteiger charge is -2.06. The van der Waals surface area contributed by atoms with Crippen molar-refractivity contribution in [2.24, 2.45) is 7.05 Å². The molecule has 0 amide bonds. The first-order valence-corrected chi connectivity index (χ1v) is 4.86. The Morgan fingerprint density at radius 1 is 1.60 bits per heavy atom. The summed E-state index contributed by atoms with van der Waals surface area (Å²) in [5, 5.41) is 0. The minimum atomic E-state index is -0.557. The van der Waals surface area contributed by atoms with Gasteiger partial charge in [0.05, 0.1) is 6.61 Å². The summed E-state index contributed by atoms with van der Waals surface area (Å²) < 4.78 is 6.27. The highest BCUT2D eigenvalue weighted by atomic mass is 32.1. The molecular weight excluding hydrogens is 216 g/mol. The van der Waals surface area contributed by atoms with Crippen LogP contribution in [0, 0.1) is 11.7 Å². The molecular formula is C9H12N2O3S. The number of nitrogens with one attached hydrogen (secondary N) is 1. The van der Waals surface area contributed by atoms with Crippen LogP contribution in [0.15, 0.2) is 4.79 Å². The summed E-state index contributed by atoms with van der Waals surface area (Å²) in [5.41, 5.74) is 0.149. The lowest BCUT2D eigenvalue weighted by molar-refractivity contribution is 0.0517. The van der Waals surface area contributed by atoms with E-state index in [-0.39, 0.29) is 22.6 Å². The van der Waals surface area contributed by atoms with Gasteiger partial charge in [-0.3, -0.25) is 9.36 Å². The van der Waals surface area contributed by atoms with Crippen LogP contribution >= 0.6 is 12.2 Å². The van der Waals surface area contributed by atoms with Crippen molar-refractivity contribution in [2.45, 2.75) is 13.8 Å². The second-order valence-electron chi connectivity index (χ2n) is 3.01. The number of esters is 1. The standard InChI is InChI=1S/C9H12N2O3S/c1-4-14-8(13)6-5(2)7(12)11(3)9(15)10-6/h4H2,1-3H3,(H,10,15). The number of hydrogen-bond acceptors (Lipinski definition) is 4. The first kappa shape index (κ1) is 11.6. The van der Waals surface area contributed by atoms with E-state index in [4.69, 9.17) is 17.0 Å². The Morgan fingerprint density at radius 3 is 2.73 bits per heavy atom. The third-order valence-electron chi connectivity index (χ3n) is 2.02. The highest BCUT2D eigenvalue weighted by molar-refractivity contribution is 7.71. The zero-order valence-corrected chi connectivity index (χ0v) is 9.60. The molecule has 0 saturated heterocycles. The molecule has 0 radical (unpaired) electrons. The molecule has 0 aromatic carbocycles. The quantitative estimate of drug-likeness (QED) is 0.604. The van der Waals surface area contributed by atoms with Gasteiger partial charge < -0.3 is 9.72 Å². The van der Waals surface area contributed by atoms with E-state index in [1.165, 1.54) is 4.57 Å². The monoisotopic (exact) mass is 228 g/mol. The number of nitrogens with zero attached hydrogens (tertiary/aromatic N) is 1. The highest BCUT2D eigenvalue weighted by Crippen LogP contribution is 2.01. The van der Waals surface area contributed by atoms with Crippen molar-refractivity contribution in [2.75, 3.05) is 6.61 Å². The van der Waals surface area contributed by atoms with Crippen molar-refractivity contribution < 1.29 is 9.53 Å². The second-order valence-corrected chi connectivity index (χ2v) is 3.40. The molecule has 1 aromatic rings. The third-order valence-corrected chi connectivity index (χ3v) is 2.39. The van der Waals surface area contributed by atoms with Gasteiger partial charge in [0.2, 0.25) is 0 Å². The van der Waals surface area contributed by atoms with Gasteiger partial charge in [-0.15, -0.1) is 0 Å². The molecule has 1 heterocycles. The average Bonchev–Trinajstić information content (AvgIpc) is 2.20. The van der Waals surface area contributed by atoms with Crippen molar-refractivity contribution >= 4 is 18.2 Å². The van der Waals surface area contributed by atoms with Gasteiger partial charge in [0.25, 0.3) is 5.56 Å².